The lowest BCUT2D eigenvalue weighted by Gasteiger charge is -2.17. The lowest BCUT2D eigenvalue weighted by molar-refractivity contribution is 0.365. The smallest absolute Gasteiger partial charge is 0.210 e. The second-order valence-corrected chi connectivity index (χ2v) is 7.94. The van der Waals surface area contributed by atoms with E-state index in [2.05, 4.69) is 25.5 Å². The second-order valence-electron chi connectivity index (χ2n) is 4.99. The molecular weight excluding hydrogens is 242 g/mol. The molecule has 1 N–H and O–H groups in total. The van der Waals surface area contributed by atoms with Crippen molar-refractivity contribution >= 4 is 21.4 Å². The first kappa shape index (κ1) is 13.7. The first-order valence-electron chi connectivity index (χ1n) is 5.34. The molecule has 0 aliphatic carbocycles. The van der Waals surface area contributed by atoms with Gasteiger partial charge in [-0.05, 0) is 29.7 Å². The highest BCUT2D eigenvalue weighted by Crippen LogP contribution is 2.20. The Labute approximate surface area is 102 Å². The Kier molecular flexibility index (Phi) is 4.52. The van der Waals surface area contributed by atoms with E-state index in [-0.39, 0.29) is 5.41 Å². The van der Waals surface area contributed by atoms with Crippen molar-refractivity contribution in [2.24, 2.45) is 5.41 Å². The van der Waals surface area contributed by atoms with Gasteiger partial charge in [0.1, 0.15) is 4.21 Å². The monoisotopic (exact) mass is 261 g/mol. The zero-order chi connectivity index (χ0) is 12.2. The van der Waals surface area contributed by atoms with Crippen molar-refractivity contribution in [3.05, 3.63) is 17.5 Å². The number of thiophene rings is 1. The van der Waals surface area contributed by atoms with E-state index < -0.39 is 10.0 Å². The van der Waals surface area contributed by atoms with Gasteiger partial charge in [-0.1, -0.05) is 26.8 Å². The van der Waals surface area contributed by atoms with E-state index in [1.807, 2.05) is 0 Å². The van der Waals surface area contributed by atoms with Crippen LogP contribution >= 0.6 is 11.3 Å². The summed E-state index contributed by atoms with van der Waals surface area (Å²) in [5, 5.41) is 1.77. The van der Waals surface area contributed by atoms with Crippen LogP contribution in [-0.4, -0.2) is 15.0 Å². The van der Waals surface area contributed by atoms with Gasteiger partial charge >= 0.3 is 0 Å². The van der Waals surface area contributed by atoms with Crippen LogP contribution in [0.15, 0.2) is 21.7 Å². The normalized spacial score (nSPS) is 12.9. The van der Waals surface area contributed by atoms with Gasteiger partial charge < -0.3 is 0 Å². The zero-order valence-corrected chi connectivity index (χ0v) is 11.6. The Balaban J connectivity index is 2.39. The van der Waals surface area contributed by atoms with Gasteiger partial charge in [0.05, 0.1) is 0 Å². The first-order chi connectivity index (χ1) is 7.31. The molecule has 0 bridgehead atoms. The number of sulfonamides is 1. The van der Waals surface area contributed by atoms with Gasteiger partial charge in [-0.3, -0.25) is 0 Å². The molecule has 0 aromatic carbocycles. The molecule has 3 nitrogen and oxygen atoms in total. The maximum absolute atomic E-state index is 11.7. The molecule has 0 radical (unpaired) electrons. The molecule has 1 aromatic heterocycles. The van der Waals surface area contributed by atoms with Crippen LogP contribution in [0.4, 0.5) is 0 Å². The Morgan fingerprint density at radius 2 is 2.06 bits per heavy atom. The summed E-state index contributed by atoms with van der Waals surface area (Å²) in [6, 6.07) is 3.37. The molecule has 0 saturated carbocycles. The molecular formula is C11H19NO2S2. The summed E-state index contributed by atoms with van der Waals surface area (Å²) >= 11 is 1.24. The quantitative estimate of drug-likeness (QED) is 0.828. The number of nitrogens with one attached hydrogen (secondary N) is 1. The molecule has 92 valence electrons. The van der Waals surface area contributed by atoms with Crippen LogP contribution in [0.5, 0.6) is 0 Å². The van der Waals surface area contributed by atoms with Crippen LogP contribution in [-0.2, 0) is 10.0 Å². The minimum absolute atomic E-state index is 0.258. The van der Waals surface area contributed by atoms with E-state index in [1.54, 1.807) is 17.5 Å². The van der Waals surface area contributed by atoms with E-state index in [9.17, 15) is 8.42 Å². The van der Waals surface area contributed by atoms with Crippen molar-refractivity contribution in [2.45, 2.75) is 37.8 Å². The van der Waals surface area contributed by atoms with Crippen molar-refractivity contribution in [1.82, 2.24) is 4.72 Å². The van der Waals surface area contributed by atoms with Crippen molar-refractivity contribution < 1.29 is 8.42 Å². The van der Waals surface area contributed by atoms with Gasteiger partial charge in [0, 0.05) is 6.54 Å². The van der Waals surface area contributed by atoms with Crippen LogP contribution in [0.3, 0.4) is 0 Å². The Morgan fingerprint density at radius 1 is 1.38 bits per heavy atom. The lowest BCUT2D eigenvalue weighted by atomic mass is 9.91. The molecule has 5 heteroatoms. The molecule has 0 aliphatic heterocycles. The predicted octanol–water partition coefficient (Wildman–Crippen LogP) is 2.85. The SMILES string of the molecule is CC(C)(C)CCCNS(=O)(=O)c1cccs1. The Hall–Kier alpha value is -0.390. The molecule has 0 amide bonds. The molecule has 0 aliphatic rings. The van der Waals surface area contributed by atoms with Crippen LogP contribution in [0.1, 0.15) is 33.6 Å². The summed E-state index contributed by atoms with van der Waals surface area (Å²) in [5.41, 5.74) is 0.258. The minimum Gasteiger partial charge on any atom is -0.210 e. The fourth-order valence-electron chi connectivity index (χ4n) is 1.31. The minimum atomic E-state index is -3.27. The van der Waals surface area contributed by atoms with E-state index in [0.717, 1.165) is 12.8 Å². The van der Waals surface area contributed by atoms with Crippen molar-refractivity contribution in [2.75, 3.05) is 6.54 Å². The summed E-state index contributed by atoms with van der Waals surface area (Å²) in [7, 11) is -3.27. The summed E-state index contributed by atoms with van der Waals surface area (Å²) in [6.45, 7) is 6.97. The third-order valence-electron chi connectivity index (χ3n) is 2.16. The zero-order valence-electron chi connectivity index (χ0n) is 9.99. The van der Waals surface area contributed by atoms with Crippen molar-refractivity contribution in [3.8, 4) is 0 Å². The van der Waals surface area contributed by atoms with E-state index in [0.29, 0.717) is 10.8 Å². The largest absolute Gasteiger partial charge is 0.250 e. The molecule has 0 saturated heterocycles. The summed E-state index contributed by atoms with van der Waals surface area (Å²) in [6.07, 6.45) is 1.88. The third-order valence-corrected chi connectivity index (χ3v) is 5.01. The van der Waals surface area contributed by atoms with Gasteiger partial charge in [0.2, 0.25) is 10.0 Å². The van der Waals surface area contributed by atoms with Crippen molar-refractivity contribution in [1.29, 1.82) is 0 Å². The first-order valence-corrected chi connectivity index (χ1v) is 7.71. The number of hydrogen-bond donors (Lipinski definition) is 1. The molecule has 0 fully saturated rings. The highest BCUT2D eigenvalue weighted by molar-refractivity contribution is 7.91. The van der Waals surface area contributed by atoms with Gasteiger partial charge in [0.15, 0.2) is 0 Å². The van der Waals surface area contributed by atoms with E-state index >= 15 is 0 Å². The molecule has 0 spiro atoms. The van der Waals surface area contributed by atoms with Gasteiger partial charge in [-0.2, -0.15) is 0 Å². The van der Waals surface area contributed by atoms with E-state index in [4.69, 9.17) is 0 Å². The Bertz CT molecular complexity index is 402. The average Bonchev–Trinajstić information content (AvgIpc) is 2.64. The molecule has 1 rings (SSSR count). The Morgan fingerprint density at radius 3 is 2.56 bits per heavy atom. The fraction of sp³-hybridized carbons (Fsp3) is 0.636. The van der Waals surface area contributed by atoms with Crippen LogP contribution in [0.25, 0.3) is 0 Å². The van der Waals surface area contributed by atoms with Crippen molar-refractivity contribution in [3.63, 3.8) is 0 Å². The van der Waals surface area contributed by atoms with Crippen LogP contribution < -0.4 is 4.72 Å². The molecule has 0 unspecified atom stereocenters. The van der Waals surface area contributed by atoms with Gasteiger partial charge in [-0.15, -0.1) is 11.3 Å². The maximum atomic E-state index is 11.7. The van der Waals surface area contributed by atoms with Crippen LogP contribution in [0.2, 0.25) is 0 Å². The van der Waals surface area contributed by atoms with Gasteiger partial charge in [0.25, 0.3) is 0 Å². The molecule has 0 atom stereocenters. The third kappa shape index (κ3) is 4.63. The maximum Gasteiger partial charge on any atom is 0.250 e. The van der Waals surface area contributed by atoms with Gasteiger partial charge in [-0.25, -0.2) is 13.1 Å². The second kappa shape index (κ2) is 5.29. The van der Waals surface area contributed by atoms with Crippen LogP contribution in [0, 0.1) is 5.41 Å². The fourth-order valence-corrected chi connectivity index (χ4v) is 3.42. The molecule has 16 heavy (non-hydrogen) atoms. The number of hydrogen-bond acceptors (Lipinski definition) is 3. The standard InChI is InChI=1S/C11H19NO2S2/c1-11(2,3)7-5-8-12-16(13,14)10-6-4-9-15-10/h4,6,9,12H,5,7-8H2,1-3H3. The highest BCUT2D eigenvalue weighted by atomic mass is 32.2. The summed E-state index contributed by atoms with van der Waals surface area (Å²) in [4.78, 5) is 0. The average molecular weight is 261 g/mol. The lowest BCUT2D eigenvalue weighted by Crippen LogP contribution is -2.24. The molecule has 1 aromatic rings. The summed E-state index contributed by atoms with van der Waals surface area (Å²) < 4.78 is 26.4. The highest BCUT2D eigenvalue weighted by Gasteiger charge is 2.15. The predicted molar refractivity (Wildman–Crippen MR) is 68.2 cm³/mol. The van der Waals surface area contributed by atoms with E-state index in [1.165, 1.54) is 11.3 Å². The summed E-state index contributed by atoms with van der Waals surface area (Å²) in [5.74, 6) is 0. The number of rotatable bonds is 5. The topological polar surface area (TPSA) is 46.2 Å². The molecule has 1 heterocycles.